The van der Waals surface area contributed by atoms with Crippen molar-refractivity contribution in [1.29, 1.82) is 0 Å². The Kier molecular flexibility index (Phi) is 6.04. The van der Waals surface area contributed by atoms with Gasteiger partial charge in [0.2, 0.25) is 5.91 Å². The molecule has 1 aromatic rings. The first kappa shape index (κ1) is 16.6. The second-order valence-corrected chi connectivity index (χ2v) is 5.93. The summed E-state index contributed by atoms with van der Waals surface area (Å²) in [4.78, 5) is 28.8. The average Bonchev–Trinajstić information content (AvgIpc) is 3.08. The highest BCUT2D eigenvalue weighted by Gasteiger charge is 2.31. The van der Waals surface area contributed by atoms with Crippen LogP contribution in [0.1, 0.15) is 49.9 Å². The van der Waals surface area contributed by atoms with Gasteiger partial charge in [-0.3, -0.25) is 9.59 Å². The Hall–Kier alpha value is -1.78. The van der Waals surface area contributed by atoms with Gasteiger partial charge in [-0.15, -0.1) is 0 Å². The fraction of sp³-hybridized carbons (Fsp3) is 0.647. The van der Waals surface area contributed by atoms with E-state index in [1.54, 1.807) is 11.0 Å². The summed E-state index contributed by atoms with van der Waals surface area (Å²) in [7, 11) is 0. The summed E-state index contributed by atoms with van der Waals surface area (Å²) in [6.45, 7) is 7.02. The molecule has 0 spiro atoms. The van der Waals surface area contributed by atoms with E-state index in [0.717, 1.165) is 45.3 Å². The van der Waals surface area contributed by atoms with Crippen LogP contribution in [-0.4, -0.2) is 47.8 Å². The average molecular weight is 306 g/mol. The van der Waals surface area contributed by atoms with Gasteiger partial charge in [-0.2, -0.15) is 0 Å². The van der Waals surface area contributed by atoms with Crippen LogP contribution in [0.15, 0.2) is 23.0 Å². The SMILES string of the molecule is CCCN(CCC)C(=O)C1CCCN(C(=O)c2ccoc2)C1. The van der Waals surface area contributed by atoms with Gasteiger partial charge in [0, 0.05) is 26.2 Å². The monoisotopic (exact) mass is 306 g/mol. The zero-order valence-corrected chi connectivity index (χ0v) is 13.6. The lowest BCUT2D eigenvalue weighted by Crippen LogP contribution is -2.47. The zero-order chi connectivity index (χ0) is 15.9. The van der Waals surface area contributed by atoms with Crippen molar-refractivity contribution in [1.82, 2.24) is 9.80 Å². The van der Waals surface area contributed by atoms with Gasteiger partial charge in [-0.25, -0.2) is 0 Å². The van der Waals surface area contributed by atoms with Gasteiger partial charge in [0.1, 0.15) is 6.26 Å². The molecule has 1 unspecified atom stereocenters. The minimum absolute atomic E-state index is 0.0382. The van der Waals surface area contributed by atoms with Gasteiger partial charge in [0.05, 0.1) is 17.7 Å². The summed E-state index contributed by atoms with van der Waals surface area (Å²) < 4.78 is 4.98. The Morgan fingerprint density at radius 2 is 2.05 bits per heavy atom. The van der Waals surface area contributed by atoms with Crippen LogP contribution in [-0.2, 0) is 4.79 Å². The normalized spacial score (nSPS) is 18.3. The van der Waals surface area contributed by atoms with Crippen LogP contribution in [0.4, 0.5) is 0 Å². The topological polar surface area (TPSA) is 53.8 Å². The molecule has 5 heteroatoms. The van der Waals surface area contributed by atoms with E-state index < -0.39 is 0 Å². The van der Waals surface area contributed by atoms with Crippen LogP contribution in [0.2, 0.25) is 0 Å². The minimum atomic E-state index is -0.0669. The van der Waals surface area contributed by atoms with E-state index in [1.165, 1.54) is 12.5 Å². The number of hydrogen-bond acceptors (Lipinski definition) is 3. The van der Waals surface area contributed by atoms with Gasteiger partial charge in [0.15, 0.2) is 0 Å². The van der Waals surface area contributed by atoms with Crippen molar-refractivity contribution < 1.29 is 14.0 Å². The molecule has 0 radical (unpaired) electrons. The highest BCUT2D eigenvalue weighted by atomic mass is 16.3. The lowest BCUT2D eigenvalue weighted by molar-refractivity contribution is -0.137. The molecule has 5 nitrogen and oxygen atoms in total. The molecule has 2 amide bonds. The lowest BCUT2D eigenvalue weighted by Gasteiger charge is -2.34. The van der Waals surface area contributed by atoms with Crippen molar-refractivity contribution in [3.63, 3.8) is 0 Å². The molecule has 22 heavy (non-hydrogen) atoms. The minimum Gasteiger partial charge on any atom is -0.472 e. The first-order valence-corrected chi connectivity index (χ1v) is 8.27. The molecule has 1 atom stereocenters. The van der Waals surface area contributed by atoms with Crippen molar-refractivity contribution in [2.24, 2.45) is 5.92 Å². The molecule has 2 heterocycles. The number of piperidine rings is 1. The van der Waals surface area contributed by atoms with Crippen molar-refractivity contribution >= 4 is 11.8 Å². The molecule has 1 aromatic heterocycles. The Morgan fingerprint density at radius 3 is 2.64 bits per heavy atom. The van der Waals surface area contributed by atoms with Crippen molar-refractivity contribution in [2.45, 2.75) is 39.5 Å². The van der Waals surface area contributed by atoms with E-state index in [2.05, 4.69) is 13.8 Å². The van der Waals surface area contributed by atoms with Crippen LogP contribution in [0.25, 0.3) is 0 Å². The molecule has 1 fully saturated rings. The first-order valence-electron chi connectivity index (χ1n) is 8.27. The maximum absolute atomic E-state index is 12.7. The number of likely N-dealkylation sites (tertiary alicyclic amines) is 1. The number of rotatable bonds is 6. The van der Waals surface area contributed by atoms with Gasteiger partial charge in [0.25, 0.3) is 5.91 Å². The fourth-order valence-corrected chi connectivity index (χ4v) is 3.06. The first-order chi connectivity index (χ1) is 10.7. The van der Waals surface area contributed by atoms with Crippen LogP contribution in [0, 0.1) is 5.92 Å². The molecule has 122 valence electrons. The molecule has 0 aliphatic carbocycles. The second kappa shape index (κ2) is 8.01. The van der Waals surface area contributed by atoms with Gasteiger partial charge in [-0.05, 0) is 31.7 Å². The van der Waals surface area contributed by atoms with Gasteiger partial charge >= 0.3 is 0 Å². The quantitative estimate of drug-likeness (QED) is 0.812. The smallest absolute Gasteiger partial charge is 0.257 e. The summed E-state index contributed by atoms with van der Waals surface area (Å²) >= 11 is 0. The van der Waals surface area contributed by atoms with Crippen molar-refractivity contribution in [3.8, 4) is 0 Å². The molecule has 2 rings (SSSR count). The number of carbonyl (C=O) groups is 2. The van der Waals surface area contributed by atoms with E-state index in [9.17, 15) is 9.59 Å². The highest BCUT2D eigenvalue weighted by molar-refractivity contribution is 5.94. The summed E-state index contributed by atoms with van der Waals surface area (Å²) in [5.41, 5.74) is 0.562. The molecule has 0 N–H and O–H groups in total. The molecule has 1 saturated heterocycles. The third kappa shape index (κ3) is 3.90. The molecule has 1 aliphatic heterocycles. The molecule has 0 bridgehead atoms. The van der Waals surface area contributed by atoms with E-state index >= 15 is 0 Å². The third-order valence-electron chi connectivity index (χ3n) is 4.12. The molecule has 1 aliphatic rings. The predicted octanol–water partition coefficient (Wildman–Crippen LogP) is 2.78. The number of carbonyl (C=O) groups excluding carboxylic acids is 2. The second-order valence-electron chi connectivity index (χ2n) is 5.93. The van der Waals surface area contributed by atoms with E-state index in [0.29, 0.717) is 12.1 Å². The third-order valence-corrected chi connectivity index (χ3v) is 4.12. The number of hydrogen-bond donors (Lipinski definition) is 0. The largest absolute Gasteiger partial charge is 0.472 e. The summed E-state index contributed by atoms with van der Waals surface area (Å²) in [6, 6.07) is 1.67. The summed E-state index contributed by atoms with van der Waals surface area (Å²) in [6.07, 6.45) is 6.66. The highest BCUT2D eigenvalue weighted by Crippen LogP contribution is 2.21. The lowest BCUT2D eigenvalue weighted by atomic mass is 9.95. The van der Waals surface area contributed by atoms with E-state index in [1.807, 2.05) is 4.90 Å². The maximum atomic E-state index is 12.7. The van der Waals surface area contributed by atoms with E-state index in [4.69, 9.17) is 4.42 Å². The Balaban J connectivity index is 2.00. The molecular formula is C17H26N2O3. The number of amides is 2. The zero-order valence-electron chi connectivity index (χ0n) is 13.6. The Labute approximate surface area is 132 Å². The van der Waals surface area contributed by atoms with Crippen molar-refractivity contribution in [3.05, 3.63) is 24.2 Å². The molecule has 0 saturated carbocycles. The summed E-state index contributed by atoms with van der Waals surface area (Å²) in [5.74, 6) is 0.0971. The summed E-state index contributed by atoms with van der Waals surface area (Å²) in [5, 5.41) is 0. The number of furan rings is 1. The van der Waals surface area contributed by atoms with Crippen LogP contribution < -0.4 is 0 Å². The van der Waals surface area contributed by atoms with Crippen LogP contribution >= 0.6 is 0 Å². The van der Waals surface area contributed by atoms with Crippen LogP contribution in [0.5, 0.6) is 0 Å². The Morgan fingerprint density at radius 1 is 1.32 bits per heavy atom. The standard InChI is InChI=1S/C17H26N2O3/c1-3-8-18(9-4-2)16(20)14-6-5-10-19(12-14)17(21)15-7-11-22-13-15/h7,11,13-14H,3-6,8-10,12H2,1-2H3. The molecular weight excluding hydrogens is 280 g/mol. The Bertz CT molecular complexity index is 478. The van der Waals surface area contributed by atoms with Crippen molar-refractivity contribution in [2.75, 3.05) is 26.2 Å². The van der Waals surface area contributed by atoms with Gasteiger partial charge < -0.3 is 14.2 Å². The predicted molar refractivity (Wildman–Crippen MR) is 84.5 cm³/mol. The molecule has 0 aromatic carbocycles. The van der Waals surface area contributed by atoms with Crippen LogP contribution in [0.3, 0.4) is 0 Å². The maximum Gasteiger partial charge on any atom is 0.257 e. The van der Waals surface area contributed by atoms with Gasteiger partial charge in [-0.1, -0.05) is 13.8 Å². The fourth-order valence-electron chi connectivity index (χ4n) is 3.06. The number of nitrogens with zero attached hydrogens (tertiary/aromatic N) is 2. The van der Waals surface area contributed by atoms with E-state index in [-0.39, 0.29) is 17.7 Å².